The summed E-state index contributed by atoms with van der Waals surface area (Å²) < 4.78 is 34.6. The Hall–Kier alpha value is -4.09. The van der Waals surface area contributed by atoms with Gasteiger partial charge in [-0.3, -0.25) is 4.99 Å². The second-order valence-corrected chi connectivity index (χ2v) is 8.75. The van der Waals surface area contributed by atoms with E-state index in [1.54, 1.807) is 31.2 Å². The number of benzene rings is 2. The smallest absolute Gasteiger partial charge is 0.137 e. The zero-order chi connectivity index (χ0) is 27.7. The molecule has 6 nitrogen and oxygen atoms in total. The average molecular weight is 518 g/mol. The first kappa shape index (κ1) is 28.5. The van der Waals surface area contributed by atoms with Gasteiger partial charge >= 0.3 is 0 Å². The number of nitrogens with zero attached hydrogens (tertiary/aromatic N) is 4. The second-order valence-electron chi connectivity index (χ2n) is 8.75. The van der Waals surface area contributed by atoms with Crippen molar-refractivity contribution < 1.29 is 13.5 Å². The lowest BCUT2D eigenvalue weighted by Gasteiger charge is -2.30. The SMILES string of the molecule is C=N/C(=C\C=C/C)c1nc2cc(F)cc(F)c2c(Nc2ccc(C#N)c(N3CCOCC3)c2)c1C.CCC. The maximum absolute atomic E-state index is 15.0. The van der Waals surface area contributed by atoms with Crippen molar-refractivity contribution in [1.29, 1.82) is 5.26 Å². The minimum atomic E-state index is -0.725. The summed E-state index contributed by atoms with van der Waals surface area (Å²) in [5.41, 5.74) is 4.12. The van der Waals surface area contributed by atoms with Crippen molar-refractivity contribution in [3.63, 3.8) is 0 Å². The predicted octanol–water partition coefficient (Wildman–Crippen LogP) is 7.31. The molecule has 0 amide bonds. The van der Waals surface area contributed by atoms with Crippen LogP contribution in [0.2, 0.25) is 0 Å². The van der Waals surface area contributed by atoms with Gasteiger partial charge in [0.1, 0.15) is 17.7 Å². The summed E-state index contributed by atoms with van der Waals surface area (Å²) in [6, 6.07) is 9.62. The van der Waals surface area contributed by atoms with Gasteiger partial charge < -0.3 is 15.0 Å². The first-order valence-corrected chi connectivity index (χ1v) is 12.6. The van der Waals surface area contributed by atoms with E-state index in [4.69, 9.17) is 4.74 Å². The molecule has 8 heteroatoms. The molecule has 1 N–H and O–H groups in total. The number of hydrogen-bond donors (Lipinski definition) is 1. The minimum Gasteiger partial charge on any atom is -0.378 e. The fraction of sp³-hybridized carbons (Fsp3) is 0.300. The van der Waals surface area contributed by atoms with Gasteiger partial charge in [-0.25, -0.2) is 13.8 Å². The zero-order valence-corrected chi connectivity index (χ0v) is 22.3. The fourth-order valence-corrected chi connectivity index (χ4v) is 4.12. The van der Waals surface area contributed by atoms with E-state index in [-0.39, 0.29) is 10.9 Å². The van der Waals surface area contributed by atoms with Gasteiger partial charge in [-0.05, 0) is 44.8 Å². The number of aromatic nitrogens is 1. The number of nitrogens with one attached hydrogen (secondary N) is 1. The highest BCUT2D eigenvalue weighted by Gasteiger charge is 2.20. The normalized spacial score (nSPS) is 13.7. The highest BCUT2D eigenvalue weighted by atomic mass is 19.1. The molecule has 4 rings (SSSR count). The number of fused-ring (bicyclic) bond motifs is 1. The van der Waals surface area contributed by atoms with Crippen LogP contribution in [0.25, 0.3) is 16.6 Å². The maximum atomic E-state index is 15.0. The maximum Gasteiger partial charge on any atom is 0.137 e. The van der Waals surface area contributed by atoms with E-state index in [0.717, 1.165) is 11.8 Å². The molecule has 1 fully saturated rings. The number of allylic oxidation sites excluding steroid dienone is 3. The molecule has 0 aliphatic carbocycles. The first-order valence-electron chi connectivity index (χ1n) is 12.6. The Labute approximate surface area is 223 Å². The molecule has 198 valence electrons. The molecule has 38 heavy (non-hydrogen) atoms. The molecule has 0 radical (unpaired) electrons. The number of pyridine rings is 1. The van der Waals surface area contributed by atoms with Gasteiger partial charge in [0.05, 0.1) is 52.4 Å². The highest BCUT2D eigenvalue weighted by Crippen LogP contribution is 2.37. The largest absolute Gasteiger partial charge is 0.378 e. The number of hydrogen-bond acceptors (Lipinski definition) is 6. The van der Waals surface area contributed by atoms with Gasteiger partial charge in [-0.2, -0.15) is 5.26 Å². The Morgan fingerprint density at radius 1 is 1.24 bits per heavy atom. The Morgan fingerprint density at radius 3 is 2.58 bits per heavy atom. The third kappa shape index (κ3) is 6.42. The van der Waals surface area contributed by atoms with Crippen LogP contribution in [0.3, 0.4) is 0 Å². The summed E-state index contributed by atoms with van der Waals surface area (Å²) in [6.07, 6.45) is 6.62. The molecule has 1 aliphatic heterocycles. The molecule has 0 spiro atoms. The molecule has 0 atom stereocenters. The molecule has 1 saturated heterocycles. The second kappa shape index (κ2) is 13.5. The topological polar surface area (TPSA) is 73.5 Å². The molecule has 0 unspecified atom stereocenters. The summed E-state index contributed by atoms with van der Waals surface area (Å²) in [5, 5.41) is 13.1. The number of rotatable bonds is 6. The molecule has 2 heterocycles. The van der Waals surface area contributed by atoms with E-state index >= 15 is 4.39 Å². The number of morpholine rings is 1. The fourth-order valence-electron chi connectivity index (χ4n) is 4.12. The van der Waals surface area contributed by atoms with Crippen molar-refractivity contribution >= 4 is 40.4 Å². The zero-order valence-electron chi connectivity index (χ0n) is 22.3. The van der Waals surface area contributed by atoms with E-state index in [0.29, 0.717) is 60.2 Å². The van der Waals surface area contributed by atoms with Crippen LogP contribution in [-0.4, -0.2) is 38.0 Å². The lowest BCUT2D eigenvalue weighted by molar-refractivity contribution is 0.122. The monoisotopic (exact) mass is 517 g/mol. The molecule has 2 aromatic carbocycles. The molecular weight excluding hydrogens is 484 g/mol. The van der Waals surface area contributed by atoms with E-state index < -0.39 is 11.6 Å². The standard InChI is InChI=1S/C27H25F2N5O.C3H8/c1-4-5-6-22(31-3)26-17(2)27(25-21(29)13-19(28)14-23(25)33-26)32-20-8-7-18(16-30)24(15-20)34-9-11-35-12-10-34;1-3-2/h4-8,13-15H,3,9-12H2,1-2H3,(H,32,33);3H2,1-2H3/b5-4-,22-6-;. The molecule has 1 aromatic heterocycles. The van der Waals surface area contributed by atoms with Crippen LogP contribution in [0.1, 0.15) is 44.0 Å². The van der Waals surface area contributed by atoms with Gasteiger partial charge in [0.2, 0.25) is 0 Å². The van der Waals surface area contributed by atoms with Crippen LogP contribution in [-0.2, 0) is 4.74 Å². The average Bonchev–Trinajstić information content (AvgIpc) is 2.91. The Kier molecular flexibility index (Phi) is 10.1. The molecular formula is C30H33F2N5O. The van der Waals surface area contributed by atoms with Crippen LogP contribution >= 0.6 is 0 Å². The Balaban J connectivity index is 0.00000127. The highest BCUT2D eigenvalue weighted by molar-refractivity contribution is 5.98. The lowest BCUT2D eigenvalue weighted by atomic mass is 10.0. The third-order valence-corrected chi connectivity index (χ3v) is 5.85. The van der Waals surface area contributed by atoms with Gasteiger partial charge in [0.25, 0.3) is 0 Å². The van der Waals surface area contributed by atoms with Crippen molar-refractivity contribution in [2.45, 2.75) is 34.1 Å². The lowest BCUT2D eigenvalue weighted by Crippen LogP contribution is -2.36. The third-order valence-electron chi connectivity index (χ3n) is 5.85. The number of halogens is 2. The van der Waals surface area contributed by atoms with E-state index in [2.05, 4.69) is 46.8 Å². The summed E-state index contributed by atoms with van der Waals surface area (Å²) in [4.78, 5) is 10.7. The quantitative estimate of drug-likeness (QED) is 0.274. The predicted molar refractivity (Wildman–Crippen MR) is 152 cm³/mol. The van der Waals surface area contributed by atoms with Crippen molar-refractivity contribution in [3.05, 3.63) is 77.0 Å². The molecule has 1 aliphatic rings. The van der Waals surface area contributed by atoms with Crippen LogP contribution in [0.5, 0.6) is 0 Å². The van der Waals surface area contributed by atoms with E-state index in [9.17, 15) is 9.65 Å². The molecule has 0 saturated carbocycles. The summed E-state index contributed by atoms with van der Waals surface area (Å²) in [6.45, 7) is 14.0. The van der Waals surface area contributed by atoms with Gasteiger partial charge in [0.15, 0.2) is 0 Å². The van der Waals surface area contributed by atoms with Crippen molar-refractivity contribution in [1.82, 2.24) is 4.98 Å². The van der Waals surface area contributed by atoms with Crippen LogP contribution in [0.4, 0.5) is 25.8 Å². The number of ether oxygens (including phenoxy) is 1. The number of nitriles is 1. The Bertz CT molecular complexity index is 1400. The van der Waals surface area contributed by atoms with Crippen LogP contribution in [0, 0.1) is 29.9 Å². The minimum absolute atomic E-state index is 0.155. The van der Waals surface area contributed by atoms with Gasteiger partial charge in [0, 0.05) is 36.5 Å². The number of anilines is 3. The summed E-state index contributed by atoms with van der Waals surface area (Å²) in [5.74, 6) is -1.45. The molecule has 3 aromatic rings. The van der Waals surface area contributed by atoms with Crippen molar-refractivity contribution in [2.75, 3.05) is 36.5 Å². The van der Waals surface area contributed by atoms with Crippen molar-refractivity contribution in [3.8, 4) is 6.07 Å². The molecule has 0 bridgehead atoms. The van der Waals surface area contributed by atoms with Crippen LogP contribution in [0.15, 0.2) is 53.6 Å². The van der Waals surface area contributed by atoms with E-state index in [1.165, 1.54) is 12.5 Å². The number of aliphatic imine (C=N–C) groups is 1. The van der Waals surface area contributed by atoms with Crippen molar-refractivity contribution in [2.24, 2.45) is 4.99 Å². The van der Waals surface area contributed by atoms with Gasteiger partial charge in [-0.15, -0.1) is 0 Å². The van der Waals surface area contributed by atoms with Gasteiger partial charge in [-0.1, -0.05) is 32.4 Å². The van der Waals surface area contributed by atoms with Crippen LogP contribution < -0.4 is 10.2 Å². The van der Waals surface area contributed by atoms with E-state index in [1.807, 2.05) is 19.1 Å². The Morgan fingerprint density at radius 2 is 1.95 bits per heavy atom. The summed E-state index contributed by atoms with van der Waals surface area (Å²) >= 11 is 0. The summed E-state index contributed by atoms with van der Waals surface area (Å²) in [7, 11) is 0. The first-order chi connectivity index (χ1) is 18.4.